The molecule has 324 valence electrons. The number of aromatic nitrogens is 2. The Kier molecular flexibility index (Phi) is 13.4. The number of carbonyl (C=O) groups excluding carboxylic acids is 2. The number of sulfonamides is 1. The minimum absolute atomic E-state index is 0.130. The molecule has 13 nitrogen and oxygen atoms in total. The number of morpholine rings is 1. The lowest BCUT2D eigenvalue weighted by molar-refractivity contribution is 0.0723. The van der Waals surface area contributed by atoms with E-state index in [1.165, 1.54) is 16.4 Å². The summed E-state index contributed by atoms with van der Waals surface area (Å²) < 4.78 is 50.2. The average molecular weight is 904 g/mol. The molecule has 8 rings (SSSR count). The van der Waals surface area contributed by atoms with E-state index in [4.69, 9.17) is 18.7 Å². The maximum absolute atomic E-state index is 14.3. The van der Waals surface area contributed by atoms with E-state index in [9.17, 15) is 18.0 Å². The molecule has 4 heterocycles. The molecule has 1 fully saturated rings. The third-order valence-corrected chi connectivity index (χ3v) is 14.5. The van der Waals surface area contributed by atoms with Crippen molar-refractivity contribution in [1.29, 1.82) is 0 Å². The first-order chi connectivity index (χ1) is 30.6. The fraction of sp³-hybridized carbons (Fsp3) is 0.234. The zero-order valence-corrected chi connectivity index (χ0v) is 37.4. The molecule has 0 bridgehead atoms. The molecule has 16 heteroatoms. The normalized spacial score (nSPS) is 13.1. The van der Waals surface area contributed by atoms with Crippen LogP contribution in [0.15, 0.2) is 130 Å². The molecule has 0 spiro atoms. The Bertz CT molecular complexity index is 2780. The summed E-state index contributed by atoms with van der Waals surface area (Å²) in [7, 11) is -0.500. The summed E-state index contributed by atoms with van der Waals surface area (Å²) in [5.41, 5.74) is 4.23. The van der Waals surface area contributed by atoms with E-state index in [1.807, 2.05) is 77.0 Å². The highest BCUT2D eigenvalue weighted by atomic mass is 32.2. The van der Waals surface area contributed by atoms with Gasteiger partial charge in [0.25, 0.3) is 17.7 Å². The van der Waals surface area contributed by atoms with Crippen molar-refractivity contribution >= 4 is 44.5 Å². The number of nitrogens with zero attached hydrogens (tertiary/aromatic N) is 5. The minimum Gasteiger partial charge on any atom is -0.496 e. The van der Waals surface area contributed by atoms with Gasteiger partial charge in [0.1, 0.15) is 11.5 Å². The van der Waals surface area contributed by atoms with Crippen LogP contribution < -0.4 is 9.47 Å². The molecule has 0 atom stereocenters. The van der Waals surface area contributed by atoms with Gasteiger partial charge in [0, 0.05) is 55.5 Å². The molecule has 4 aromatic carbocycles. The maximum Gasteiger partial charge on any atom is 0.257 e. The summed E-state index contributed by atoms with van der Waals surface area (Å²) in [5, 5.41) is 5.87. The summed E-state index contributed by atoms with van der Waals surface area (Å²) in [6, 6.07) is 34.9. The van der Waals surface area contributed by atoms with Crippen molar-refractivity contribution < 1.29 is 36.7 Å². The second-order valence-corrected chi connectivity index (χ2v) is 18.9. The quantitative estimate of drug-likeness (QED) is 0.0925. The number of ether oxygens (including phenoxy) is 3. The second-order valence-electron chi connectivity index (χ2n) is 14.8. The zero-order chi connectivity index (χ0) is 43.9. The van der Waals surface area contributed by atoms with E-state index in [0.29, 0.717) is 67.2 Å². The lowest BCUT2D eigenvalue weighted by Gasteiger charge is -2.26. The molecule has 0 aliphatic carbocycles. The number of hydrogen-bond acceptors (Lipinski definition) is 12. The van der Waals surface area contributed by atoms with Gasteiger partial charge in [-0.15, -0.1) is 22.7 Å². The summed E-state index contributed by atoms with van der Waals surface area (Å²) in [5.74, 6) is 1.84. The number of thiophene rings is 2. The van der Waals surface area contributed by atoms with Crippen molar-refractivity contribution in [3.8, 4) is 33.4 Å². The van der Waals surface area contributed by atoms with Gasteiger partial charge in [0.2, 0.25) is 10.0 Å². The van der Waals surface area contributed by atoms with Crippen LogP contribution in [0.5, 0.6) is 11.5 Å². The molecule has 1 saturated heterocycles. The molecule has 0 N–H and O–H groups in total. The third-order valence-electron chi connectivity index (χ3n) is 10.6. The Morgan fingerprint density at radius 3 is 1.98 bits per heavy atom. The van der Waals surface area contributed by atoms with Crippen molar-refractivity contribution in [3.05, 3.63) is 158 Å². The summed E-state index contributed by atoms with van der Waals surface area (Å²) in [6.07, 6.45) is 0. The topological polar surface area (TPSA) is 145 Å². The van der Waals surface area contributed by atoms with Crippen LogP contribution in [0, 0.1) is 6.92 Å². The zero-order valence-electron chi connectivity index (χ0n) is 34.9. The van der Waals surface area contributed by atoms with E-state index < -0.39 is 10.0 Å². The van der Waals surface area contributed by atoms with Crippen molar-refractivity contribution in [2.24, 2.45) is 0 Å². The van der Waals surface area contributed by atoms with E-state index in [-0.39, 0.29) is 36.3 Å². The van der Waals surface area contributed by atoms with Gasteiger partial charge in [-0.25, -0.2) is 8.42 Å². The molecule has 63 heavy (non-hydrogen) atoms. The predicted molar refractivity (Wildman–Crippen MR) is 241 cm³/mol. The number of benzene rings is 4. The molecule has 1 aliphatic rings. The van der Waals surface area contributed by atoms with E-state index in [0.717, 1.165) is 36.9 Å². The van der Waals surface area contributed by atoms with E-state index >= 15 is 0 Å². The van der Waals surface area contributed by atoms with Crippen LogP contribution in [0.2, 0.25) is 0 Å². The van der Waals surface area contributed by atoms with Gasteiger partial charge in [-0.2, -0.15) is 9.29 Å². The fourth-order valence-corrected chi connectivity index (χ4v) is 10.5. The lowest BCUT2D eigenvalue weighted by atomic mass is 10.1. The van der Waals surface area contributed by atoms with Crippen molar-refractivity contribution in [3.63, 3.8) is 0 Å². The van der Waals surface area contributed by atoms with Crippen molar-refractivity contribution in [1.82, 2.24) is 24.2 Å². The number of carbonyl (C=O) groups is 2. The SMILES string of the molecule is COc1cc(-c2ccc(CN(Cc3ccccc3OC)C(=O)c3ccc(S(=O)(=O)N4CCOCC4)cc3)s2)ccc1CN(Cc1cccs1)C(=O)c1ccc(-c2nc(C)no2)cc1. The highest BCUT2D eigenvalue weighted by Gasteiger charge is 2.27. The molecular formula is C47H45N5O8S3. The molecular weight excluding hydrogens is 859 g/mol. The maximum atomic E-state index is 14.3. The van der Waals surface area contributed by atoms with Gasteiger partial charge < -0.3 is 28.5 Å². The third kappa shape index (κ3) is 10.1. The van der Waals surface area contributed by atoms with Crippen LogP contribution in [-0.4, -0.2) is 85.0 Å². The van der Waals surface area contributed by atoms with Gasteiger partial charge in [-0.3, -0.25) is 9.59 Å². The highest BCUT2D eigenvalue weighted by molar-refractivity contribution is 7.89. The Hall–Kier alpha value is -6.17. The number of para-hydroxylation sites is 1. The minimum atomic E-state index is -3.72. The Labute approximate surface area is 374 Å². The van der Waals surface area contributed by atoms with Gasteiger partial charge in [-0.05, 0) is 96.7 Å². The molecule has 7 aromatic rings. The first-order valence-corrected chi connectivity index (χ1v) is 23.3. The van der Waals surface area contributed by atoms with Gasteiger partial charge in [0.15, 0.2) is 5.82 Å². The summed E-state index contributed by atoms with van der Waals surface area (Å²) >= 11 is 3.15. The van der Waals surface area contributed by atoms with Gasteiger partial charge in [-0.1, -0.05) is 41.6 Å². The van der Waals surface area contributed by atoms with Gasteiger partial charge >= 0.3 is 0 Å². The molecule has 1 aliphatic heterocycles. The Balaban J connectivity index is 1.02. The van der Waals surface area contributed by atoms with Crippen LogP contribution in [0.25, 0.3) is 21.9 Å². The smallest absolute Gasteiger partial charge is 0.257 e. The van der Waals surface area contributed by atoms with Crippen LogP contribution in [0.4, 0.5) is 0 Å². The first-order valence-electron chi connectivity index (χ1n) is 20.2. The summed E-state index contributed by atoms with van der Waals surface area (Å²) in [4.78, 5) is 39.3. The number of aryl methyl sites for hydroxylation is 1. The largest absolute Gasteiger partial charge is 0.496 e. The van der Waals surface area contributed by atoms with Crippen LogP contribution >= 0.6 is 22.7 Å². The van der Waals surface area contributed by atoms with Gasteiger partial charge in [0.05, 0.1) is 58.5 Å². The Morgan fingerprint density at radius 2 is 1.35 bits per heavy atom. The van der Waals surface area contributed by atoms with Crippen LogP contribution in [0.1, 0.15) is 47.4 Å². The van der Waals surface area contributed by atoms with Crippen molar-refractivity contribution in [2.45, 2.75) is 38.0 Å². The summed E-state index contributed by atoms with van der Waals surface area (Å²) in [6.45, 7) is 4.29. The molecule has 0 radical (unpaired) electrons. The molecule has 2 amide bonds. The average Bonchev–Trinajstić information content (AvgIpc) is 4.12. The highest BCUT2D eigenvalue weighted by Crippen LogP contribution is 2.35. The molecule has 3 aromatic heterocycles. The van der Waals surface area contributed by atoms with Crippen LogP contribution in [0.3, 0.4) is 0 Å². The number of rotatable bonds is 16. The monoisotopic (exact) mass is 903 g/mol. The number of methoxy groups -OCH3 is 2. The number of amides is 2. The second kappa shape index (κ2) is 19.5. The molecule has 0 saturated carbocycles. The van der Waals surface area contributed by atoms with Crippen LogP contribution in [-0.2, 0) is 40.9 Å². The standard InChI is InChI=1S/C47H45N5O8S3/c1-32-48-45(60-49-32)33-10-12-34(13-11-33)46(53)50(30-39-8-6-26-61-39)29-38-15-14-36(27-43(38)58-3)44-21-18-40(62-44)31-51(28-37-7-4-5-9-42(37)57-2)47(54)35-16-19-41(20-17-35)63(55,56)52-22-24-59-25-23-52/h4-21,26-27H,22-25,28-31H2,1-3H3. The molecule has 0 unspecified atom stereocenters. The van der Waals surface area contributed by atoms with Crippen molar-refractivity contribution in [2.75, 3.05) is 40.5 Å². The fourth-order valence-electron chi connectivity index (χ4n) is 7.31. The lowest BCUT2D eigenvalue weighted by Crippen LogP contribution is -2.40. The number of hydrogen-bond donors (Lipinski definition) is 0. The van der Waals surface area contributed by atoms with E-state index in [2.05, 4.69) is 10.1 Å². The van der Waals surface area contributed by atoms with E-state index in [1.54, 1.807) is 85.1 Å². The Morgan fingerprint density at radius 1 is 0.714 bits per heavy atom. The predicted octanol–water partition coefficient (Wildman–Crippen LogP) is 8.56. The first kappa shape index (κ1) is 43.5.